The molecule has 100 valence electrons. The van der Waals surface area contributed by atoms with Gasteiger partial charge in [0, 0.05) is 11.8 Å². The van der Waals surface area contributed by atoms with E-state index in [0.29, 0.717) is 5.69 Å². The SMILES string of the molecule is O=C(O)c1ccc(Nc2ccc(OC(F)F)cc2)o1. The third kappa shape index (κ3) is 3.44. The number of rotatable bonds is 5. The van der Waals surface area contributed by atoms with Crippen LogP contribution in [-0.4, -0.2) is 17.7 Å². The van der Waals surface area contributed by atoms with Gasteiger partial charge in [0.25, 0.3) is 0 Å². The van der Waals surface area contributed by atoms with Crippen molar-refractivity contribution in [2.45, 2.75) is 6.61 Å². The molecule has 19 heavy (non-hydrogen) atoms. The number of carbonyl (C=O) groups is 1. The normalized spacial score (nSPS) is 10.5. The Labute approximate surface area is 106 Å². The van der Waals surface area contributed by atoms with Crippen LogP contribution in [-0.2, 0) is 0 Å². The highest BCUT2D eigenvalue weighted by Gasteiger charge is 2.09. The Kier molecular flexibility index (Phi) is 3.65. The first-order valence-electron chi connectivity index (χ1n) is 5.19. The van der Waals surface area contributed by atoms with Gasteiger partial charge in [-0.25, -0.2) is 4.79 Å². The lowest BCUT2D eigenvalue weighted by atomic mass is 10.3. The number of nitrogens with one attached hydrogen (secondary N) is 1. The van der Waals surface area contributed by atoms with Crippen LogP contribution in [0.15, 0.2) is 40.8 Å². The van der Waals surface area contributed by atoms with Crippen LogP contribution in [0.2, 0.25) is 0 Å². The molecule has 0 amide bonds. The predicted octanol–water partition coefficient (Wildman–Crippen LogP) is 3.32. The van der Waals surface area contributed by atoms with Crippen LogP contribution in [0.5, 0.6) is 5.75 Å². The Morgan fingerprint density at radius 3 is 2.42 bits per heavy atom. The molecule has 2 rings (SSSR count). The number of benzene rings is 1. The van der Waals surface area contributed by atoms with Crippen LogP contribution in [0.1, 0.15) is 10.6 Å². The largest absolute Gasteiger partial charge is 0.475 e. The molecule has 0 saturated heterocycles. The van der Waals surface area contributed by atoms with E-state index in [-0.39, 0.29) is 17.4 Å². The molecule has 0 aliphatic rings. The number of furan rings is 1. The van der Waals surface area contributed by atoms with E-state index >= 15 is 0 Å². The standard InChI is InChI=1S/C12H9F2NO4/c13-12(14)18-8-3-1-7(2-4-8)15-10-6-5-9(19-10)11(16)17/h1-6,12,15H,(H,16,17). The van der Waals surface area contributed by atoms with Crippen molar-refractivity contribution < 1.29 is 27.8 Å². The molecule has 1 aromatic heterocycles. The first-order chi connectivity index (χ1) is 9.04. The van der Waals surface area contributed by atoms with E-state index in [1.807, 2.05) is 0 Å². The fourth-order valence-corrected chi connectivity index (χ4v) is 1.38. The van der Waals surface area contributed by atoms with Crippen molar-refractivity contribution in [2.24, 2.45) is 0 Å². The van der Waals surface area contributed by atoms with E-state index in [0.717, 1.165) is 0 Å². The Bertz CT molecular complexity index is 565. The first kappa shape index (κ1) is 12.9. The second-order valence-electron chi connectivity index (χ2n) is 3.50. The van der Waals surface area contributed by atoms with Gasteiger partial charge in [0.15, 0.2) is 5.88 Å². The predicted molar refractivity (Wildman–Crippen MR) is 62.0 cm³/mol. The highest BCUT2D eigenvalue weighted by molar-refractivity contribution is 5.85. The van der Waals surface area contributed by atoms with Gasteiger partial charge in [-0.2, -0.15) is 8.78 Å². The number of hydrogen-bond acceptors (Lipinski definition) is 4. The average molecular weight is 269 g/mol. The van der Waals surface area contributed by atoms with E-state index in [9.17, 15) is 13.6 Å². The van der Waals surface area contributed by atoms with Crippen molar-refractivity contribution in [1.82, 2.24) is 0 Å². The van der Waals surface area contributed by atoms with Crippen LogP contribution in [0.25, 0.3) is 0 Å². The maximum absolute atomic E-state index is 11.9. The number of alkyl halides is 2. The molecule has 5 nitrogen and oxygen atoms in total. The van der Waals surface area contributed by atoms with Gasteiger partial charge in [-0.1, -0.05) is 0 Å². The summed E-state index contributed by atoms with van der Waals surface area (Å²) in [4.78, 5) is 10.6. The molecule has 2 aromatic rings. The van der Waals surface area contributed by atoms with Crippen molar-refractivity contribution in [3.63, 3.8) is 0 Å². The minimum atomic E-state index is -2.87. The van der Waals surface area contributed by atoms with Crippen molar-refractivity contribution in [1.29, 1.82) is 0 Å². The molecule has 0 atom stereocenters. The minimum Gasteiger partial charge on any atom is -0.475 e. The number of anilines is 2. The van der Waals surface area contributed by atoms with Crippen LogP contribution >= 0.6 is 0 Å². The molecular formula is C12H9F2NO4. The van der Waals surface area contributed by atoms with Gasteiger partial charge in [-0.15, -0.1) is 0 Å². The molecule has 0 bridgehead atoms. The summed E-state index contributed by atoms with van der Waals surface area (Å²) >= 11 is 0. The third-order valence-corrected chi connectivity index (χ3v) is 2.16. The topological polar surface area (TPSA) is 71.7 Å². The summed E-state index contributed by atoms with van der Waals surface area (Å²) in [6.45, 7) is -2.87. The van der Waals surface area contributed by atoms with E-state index < -0.39 is 12.6 Å². The average Bonchev–Trinajstić information content (AvgIpc) is 2.80. The van der Waals surface area contributed by atoms with Crippen molar-refractivity contribution in [3.05, 3.63) is 42.2 Å². The Morgan fingerprint density at radius 2 is 1.89 bits per heavy atom. The second-order valence-corrected chi connectivity index (χ2v) is 3.50. The maximum Gasteiger partial charge on any atom is 0.387 e. The fourth-order valence-electron chi connectivity index (χ4n) is 1.38. The summed E-state index contributed by atoms with van der Waals surface area (Å²) in [5, 5.41) is 11.5. The van der Waals surface area contributed by atoms with Crippen LogP contribution in [0.3, 0.4) is 0 Å². The summed E-state index contributed by atoms with van der Waals surface area (Å²) in [6, 6.07) is 8.47. The molecular weight excluding hydrogens is 260 g/mol. The smallest absolute Gasteiger partial charge is 0.387 e. The fraction of sp³-hybridized carbons (Fsp3) is 0.0833. The van der Waals surface area contributed by atoms with Gasteiger partial charge in [-0.3, -0.25) is 0 Å². The van der Waals surface area contributed by atoms with E-state index in [1.165, 1.54) is 36.4 Å². The zero-order chi connectivity index (χ0) is 13.8. The molecule has 0 saturated carbocycles. The van der Waals surface area contributed by atoms with Crippen LogP contribution in [0, 0.1) is 0 Å². The number of ether oxygens (including phenoxy) is 1. The summed E-state index contributed by atoms with van der Waals surface area (Å²) in [5.74, 6) is -1.10. The van der Waals surface area contributed by atoms with Crippen molar-refractivity contribution >= 4 is 17.5 Å². The number of halogens is 2. The summed E-state index contributed by atoms with van der Waals surface area (Å²) in [6.07, 6.45) is 0. The Hall–Kier alpha value is -2.57. The molecule has 0 unspecified atom stereocenters. The highest BCUT2D eigenvalue weighted by atomic mass is 19.3. The minimum absolute atomic E-state index is 0.0335. The third-order valence-electron chi connectivity index (χ3n) is 2.16. The second kappa shape index (κ2) is 5.38. The Morgan fingerprint density at radius 1 is 1.21 bits per heavy atom. The quantitative estimate of drug-likeness (QED) is 0.871. The van der Waals surface area contributed by atoms with Gasteiger partial charge in [-0.05, 0) is 30.3 Å². The molecule has 0 radical (unpaired) electrons. The summed E-state index contributed by atoms with van der Waals surface area (Å²) < 4.78 is 33.1. The molecule has 2 N–H and O–H groups in total. The lowest BCUT2D eigenvalue weighted by molar-refractivity contribution is -0.0498. The summed E-state index contributed by atoms with van der Waals surface area (Å²) in [7, 11) is 0. The maximum atomic E-state index is 11.9. The lowest BCUT2D eigenvalue weighted by Gasteiger charge is -2.06. The van der Waals surface area contributed by atoms with E-state index in [1.54, 1.807) is 0 Å². The molecule has 1 aromatic carbocycles. The molecule has 0 aliphatic heterocycles. The highest BCUT2D eigenvalue weighted by Crippen LogP contribution is 2.22. The molecule has 7 heteroatoms. The van der Waals surface area contributed by atoms with Gasteiger partial charge >= 0.3 is 12.6 Å². The first-order valence-corrected chi connectivity index (χ1v) is 5.19. The van der Waals surface area contributed by atoms with E-state index in [2.05, 4.69) is 10.1 Å². The zero-order valence-electron chi connectivity index (χ0n) is 9.47. The lowest BCUT2D eigenvalue weighted by Crippen LogP contribution is -2.01. The van der Waals surface area contributed by atoms with Gasteiger partial charge < -0.3 is 19.6 Å². The monoisotopic (exact) mass is 269 g/mol. The van der Waals surface area contributed by atoms with E-state index in [4.69, 9.17) is 9.52 Å². The number of aromatic carboxylic acids is 1. The summed E-state index contributed by atoms with van der Waals surface area (Å²) in [5.41, 5.74) is 0.549. The number of hydrogen-bond donors (Lipinski definition) is 2. The number of carboxylic acid groups (broad SMARTS) is 1. The van der Waals surface area contributed by atoms with Crippen LogP contribution < -0.4 is 10.1 Å². The zero-order valence-corrected chi connectivity index (χ0v) is 9.47. The van der Waals surface area contributed by atoms with Gasteiger partial charge in [0.05, 0.1) is 0 Å². The van der Waals surface area contributed by atoms with Crippen molar-refractivity contribution in [3.8, 4) is 5.75 Å². The number of carboxylic acids is 1. The van der Waals surface area contributed by atoms with Gasteiger partial charge in [0.2, 0.25) is 5.76 Å². The molecule has 0 spiro atoms. The van der Waals surface area contributed by atoms with Crippen molar-refractivity contribution in [2.75, 3.05) is 5.32 Å². The molecule has 0 aliphatic carbocycles. The Balaban J connectivity index is 2.04. The van der Waals surface area contributed by atoms with Gasteiger partial charge in [0.1, 0.15) is 5.75 Å². The van der Waals surface area contributed by atoms with Crippen LogP contribution in [0.4, 0.5) is 20.4 Å². The molecule has 0 fully saturated rings. The molecule has 1 heterocycles.